The van der Waals surface area contributed by atoms with Gasteiger partial charge in [0.2, 0.25) is 0 Å². The summed E-state index contributed by atoms with van der Waals surface area (Å²) in [6.07, 6.45) is 0. The Morgan fingerprint density at radius 3 is 2.31 bits per heavy atom. The number of hydrogen-bond donors (Lipinski definition) is 0. The summed E-state index contributed by atoms with van der Waals surface area (Å²) in [5.41, 5.74) is 1.75. The second-order valence-electron chi connectivity index (χ2n) is 6.09. The van der Waals surface area contributed by atoms with Gasteiger partial charge in [-0.3, -0.25) is 14.4 Å². The summed E-state index contributed by atoms with van der Waals surface area (Å²) in [5.74, 6) is -0.382. The Morgan fingerprint density at radius 1 is 0.923 bits per heavy atom. The van der Waals surface area contributed by atoms with Crippen LogP contribution in [0.25, 0.3) is 10.8 Å². The van der Waals surface area contributed by atoms with Crippen LogP contribution >= 0.6 is 0 Å². The molecule has 2 amide bonds. The lowest BCUT2D eigenvalue weighted by atomic mass is 9.90. The molecule has 0 bridgehead atoms. The molecule has 1 aliphatic heterocycles. The Balaban J connectivity index is 1.97. The summed E-state index contributed by atoms with van der Waals surface area (Å²) in [5, 5.41) is 1.16. The first-order chi connectivity index (χ1) is 12.5. The highest BCUT2D eigenvalue weighted by Crippen LogP contribution is 2.35. The lowest BCUT2D eigenvalue weighted by Gasteiger charge is -2.27. The molecule has 0 N–H and O–H groups in total. The molecule has 0 radical (unpaired) electrons. The quantitative estimate of drug-likeness (QED) is 0.534. The van der Waals surface area contributed by atoms with Crippen molar-refractivity contribution in [1.29, 1.82) is 0 Å². The summed E-state index contributed by atoms with van der Waals surface area (Å²) in [4.78, 5) is 39.2. The van der Waals surface area contributed by atoms with E-state index in [-0.39, 0.29) is 5.78 Å². The Morgan fingerprint density at radius 2 is 1.62 bits per heavy atom. The minimum Gasteiger partial charge on any atom is -0.497 e. The molecule has 5 heteroatoms. The van der Waals surface area contributed by atoms with Gasteiger partial charge in [0.15, 0.2) is 5.78 Å². The lowest BCUT2D eigenvalue weighted by Crippen LogP contribution is -2.40. The number of imide groups is 1. The number of amides is 2. The van der Waals surface area contributed by atoms with Crippen molar-refractivity contribution in [2.75, 3.05) is 12.0 Å². The molecule has 0 aliphatic carbocycles. The maximum absolute atomic E-state index is 13.1. The number of rotatable bonds is 3. The number of carbonyl (C=O) groups is 3. The number of Topliss-reactive ketones (excluding diaryl/α,β-unsaturated/α-hetero) is 1. The molecule has 4 rings (SSSR count). The third kappa shape index (κ3) is 2.21. The van der Waals surface area contributed by atoms with E-state index in [0.717, 1.165) is 4.90 Å². The van der Waals surface area contributed by atoms with Crippen molar-refractivity contribution in [3.05, 3.63) is 71.3 Å². The molecule has 1 aliphatic rings. The summed E-state index contributed by atoms with van der Waals surface area (Å²) in [7, 11) is 1.53. The Labute approximate surface area is 149 Å². The number of carbonyl (C=O) groups excluding carboxylic acids is 3. The molecule has 5 nitrogen and oxygen atoms in total. The summed E-state index contributed by atoms with van der Waals surface area (Å²) in [6, 6.07) is 15.2. The number of anilines is 1. The Kier molecular flexibility index (Phi) is 3.58. The number of methoxy groups -OCH3 is 1. The molecule has 0 saturated carbocycles. The van der Waals surface area contributed by atoms with Gasteiger partial charge in [-0.05, 0) is 42.6 Å². The normalized spacial score (nSPS) is 13.2. The minimum atomic E-state index is -0.415. The van der Waals surface area contributed by atoms with Gasteiger partial charge in [0.05, 0.1) is 12.8 Å². The van der Waals surface area contributed by atoms with E-state index in [1.807, 2.05) is 0 Å². The Hall–Kier alpha value is -3.47. The molecule has 0 saturated heterocycles. The molecule has 0 unspecified atom stereocenters. The molecule has 3 aromatic rings. The van der Waals surface area contributed by atoms with E-state index in [1.54, 1.807) is 54.6 Å². The van der Waals surface area contributed by atoms with E-state index in [1.165, 1.54) is 14.0 Å². The molecular weight excluding hydrogens is 330 g/mol. The first-order valence-electron chi connectivity index (χ1n) is 8.12. The van der Waals surface area contributed by atoms with E-state index in [9.17, 15) is 14.4 Å². The van der Waals surface area contributed by atoms with Crippen molar-refractivity contribution in [2.24, 2.45) is 0 Å². The van der Waals surface area contributed by atoms with Gasteiger partial charge in [-0.2, -0.15) is 0 Å². The SMILES string of the molecule is COc1cccc(N2C(=O)c3cccc4c(C(C)=O)ccc(c34)C2=O)c1. The van der Waals surface area contributed by atoms with E-state index in [2.05, 4.69) is 0 Å². The van der Waals surface area contributed by atoms with Crippen LogP contribution < -0.4 is 9.64 Å². The molecule has 26 heavy (non-hydrogen) atoms. The van der Waals surface area contributed by atoms with Crippen LogP contribution in [0.1, 0.15) is 38.0 Å². The second kappa shape index (κ2) is 5.81. The molecule has 128 valence electrons. The number of benzene rings is 3. The van der Waals surface area contributed by atoms with Crippen molar-refractivity contribution < 1.29 is 19.1 Å². The van der Waals surface area contributed by atoms with Crippen molar-refractivity contribution in [1.82, 2.24) is 0 Å². The molecule has 0 fully saturated rings. The predicted octanol–water partition coefficient (Wildman–Crippen LogP) is 3.85. The Bertz CT molecular complexity index is 1080. The fourth-order valence-corrected chi connectivity index (χ4v) is 3.39. The molecular formula is C21H15NO4. The van der Waals surface area contributed by atoms with Crippen LogP contribution in [0.5, 0.6) is 5.75 Å². The zero-order valence-electron chi connectivity index (χ0n) is 14.3. The maximum atomic E-state index is 13.1. The topological polar surface area (TPSA) is 63.7 Å². The summed E-state index contributed by atoms with van der Waals surface area (Å²) in [6.45, 7) is 1.47. The highest BCUT2D eigenvalue weighted by molar-refractivity contribution is 6.36. The smallest absolute Gasteiger partial charge is 0.265 e. The average Bonchev–Trinajstić information content (AvgIpc) is 2.65. The van der Waals surface area contributed by atoms with Gasteiger partial charge in [0.1, 0.15) is 5.75 Å². The number of ether oxygens (including phenoxy) is 1. The van der Waals surface area contributed by atoms with Gasteiger partial charge in [-0.25, -0.2) is 4.90 Å². The van der Waals surface area contributed by atoms with Crippen molar-refractivity contribution in [2.45, 2.75) is 6.92 Å². The lowest BCUT2D eigenvalue weighted by molar-refractivity contribution is 0.0892. The maximum Gasteiger partial charge on any atom is 0.265 e. The molecule has 3 aromatic carbocycles. The van der Waals surface area contributed by atoms with Gasteiger partial charge in [0, 0.05) is 28.1 Å². The minimum absolute atomic E-state index is 0.108. The van der Waals surface area contributed by atoms with Crippen molar-refractivity contribution >= 4 is 34.1 Å². The highest BCUT2D eigenvalue weighted by Gasteiger charge is 2.34. The number of nitrogens with zero attached hydrogens (tertiary/aromatic N) is 1. The second-order valence-corrected chi connectivity index (χ2v) is 6.09. The van der Waals surface area contributed by atoms with Gasteiger partial charge in [-0.1, -0.05) is 18.2 Å². The van der Waals surface area contributed by atoms with E-state index in [0.29, 0.717) is 38.9 Å². The fourth-order valence-electron chi connectivity index (χ4n) is 3.39. The van der Waals surface area contributed by atoms with E-state index >= 15 is 0 Å². The van der Waals surface area contributed by atoms with Gasteiger partial charge < -0.3 is 4.74 Å². The number of ketones is 1. The van der Waals surface area contributed by atoms with Gasteiger partial charge in [-0.15, -0.1) is 0 Å². The largest absolute Gasteiger partial charge is 0.497 e. The summed E-state index contributed by atoms with van der Waals surface area (Å²) >= 11 is 0. The predicted molar refractivity (Wildman–Crippen MR) is 98.1 cm³/mol. The molecule has 0 aromatic heterocycles. The van der Waals surface area contributed by atoms with E-state index in [4.69, 9.17) is 4.74 Å². The monoisotopic (exact) mass is 345 g/mol. The van der Waals surface area contributed by atoms with Crippen LogP contribution in [0.4, 0.5) is 5.69 Å². The third-order valence-corrected chi connectivity index (χ3v) is 4.60. The highest BCUT2D eigenvalue weighted by atomic mass is 16.5. The van der Waals surface area contributed by atoms with Gasteiger partial charge in [0.25, 0.3) is 11.8 Å². The summed E-state index contributed by atoms with van der Waals surface area (Å²) < 4.78 is 5.20. The molecule has 1 heterocycles. The van der Waals surface area contributed by atoms with Crippen LogP contribution in [0.15, 0.2) is 54.6 Å². The van der Waals surface area contributed by atoms with Crippen LogP contribution in [-0.2, 0) is 0 Å². The zero-order chi connectivity index (χ0) is 18.4. The van der Waals surface area contributed by atoms with Crippen LogP contribution in [0, 0.1) is 0 Å². The fraction of sp³-hybridized carbons (Fsp3) is 0.0952. The third-order valence-electron chi connectivity index (χ3n) is 4.60. The molecule has 0 atom stereocenters. The van der Waals surface area contributed by atoms with Crippen LogP contribution in [-0.4, -0.2) is 24.7 Å². The first kappa shape index (κ1) is 16.0. The van der Waals surface area contributed by atoms with E-state index < -0.39 is 11.8 Å². The molecule has 0 spiro atoms. The van der Waals surface area contributed by atoms with Crippen molar-refractivity contribution in [3.63, 3.8) is 0 Å². The van der Waals surface area contributed by atoms with Crippen molar-refractivity contribution in [3.8, 4) is 5.75 Å². The first-order valence-corrected chi connectivity index (χ1v) is 8.12. The standard InChI is InChI=1S/C21H15NO4/c1-12(23)15-9-10-18-19-16(15)7-4-8-17(19)20(24)22(21(18)25)13-5-3-6-14(11-13)26-2/h3-11H,1-2H3. The number of hydrogen-bond acceptors (Lipinski definition) is 4. The average molecular weight is 345 g/mol. The van der Waals surface area contributed by atoms with Crippen LogP contribution in [0.2, 0.25) is 0 Å². The van der Waals surface area contributed by atoms with Gasteiger partial charge >= 0.3 is 0 Å². The zero-order valence-corrected chi connectivity index (χ0v) is 14.3. The van der Waals surface area contributed by atoms with Crippen LogP contribution in [0.3, 0.4) is 0 Å².